The average Bonchev–Trinajstić information content (AvgIpc) is 2.68. The van der Waals surface area contributed by atoms with Crippen molar-refractivity contribution in [3.63, 3.8) is 0 Å². The molecule has 0 aromatic carbocycles. The third-order valence-electron chi connectivity index (χ3n) is 4.74. The molecule has 14 heavy (non-hydrogen) atoms. The highest BCUT2D eigenvalue weighted by molar-refractivity contribution is 5.65. The van der Waals surface area contributed by atoms with E-state index in [1.54, 1.807) is 0 Å². The number of rotatable bonds is 1. The number of carbonyl (C=O) groups is 1. The molecule has 3 aliphatic carbocycles. The Labute approximate surface area is 83.9 Å². The van der Waals surface area contributed by atoms with E-state index < -0.39 is 6.09 Å². The molecule has 0 aliphatic heterocycles. The van der Waals surface area contributed by atoms with Crippen LogP contribution in [-0.2, 0) is 0 Å². The van der Waals surface area contributed by atoms with Gasteiger partial charge in [0.15, 0.2) is 0 Å². The molecule has 0 aromatic rings. The van der Waals surface area contributed by atoms with E-state index in [0.717, 1.165) is 24.2 Å². The van der Waals surface area contributed by atoms with E-state index in [0.29, 0.717) is 5.92 Å². The van der Waals surface area contributed by atoms with Crippen molar-refractivity contribution in [3.05, 3.63) is 0 Å². The van der Waals surface area contributed by atoms with Crippen LogP contribution >= 0.6 is 0 Å². The summed E-state index contributed by atoms with van der Waals surface area (Å²) in [6.45, 7) is 0. The van der Waals surface area contributed by atoms with Crippen molar-refractivity contribution in [1.29, 1.82) is 0 Å². The zero-order chi connectivity index (χ0) is 9.71. The van der Waals surface area contributed by atoms with Gasteiger partial charge in [-0.25, -0.2) is 4.79 Å². The third kappa shape index (κ3) is 1.07. The van der Waals surface area contributed by atoms with Crippen molar-refractivity contribution in [2.24, 2.45) is 23.7 Å². The molecule has 3 nitrogen and oxygen atoms in total. The maximum absolute atomic E-state index is 10.6. The Kier molecular flexibility index (Phi) is 1.76. The van der Waals surface area contributed by atoms with Crippen molar-refractivity contribution < 1.29 is 9.90 Å². The Balaban J connectivity index is 1.73. The van der Waals surface area contributed by atoms with Crippen molar-refractivity contribution >= 4 is 6.09 Å². The zero-order valence-electron chi connectivity index (χ0n) is 8.28. The van der Waals surface area contributed by atoms with Crippen LogP contribution in [0, 0.1) is 23.7 Å². The highest BCUT2D eigenvalue weighted by atomic mass is 16.4. The Hall–Kier alpha value is -0.730. The summed E-state index contributed by atoms with van der Waals surface area (Å²) in [7, 11) is 0. The number of hydrogen-bond acceptors (Lipinski definition) is 1. The van der Waals surface area contributed by atoms with Crippen LogP contribution < -0.4 is 5.32 Å². The predicted octanol–water partition coefficient (Wildman–Crippen LogP) is 2.08. The second-order valence-electron chi connectivity index (χ2n) is 5.21. The van der Waals surface area contributed by atoms with E-state index in [-0.39, 0.29) is 6.04 Å². The molecule has 3 fully saturated rings. The highest BCUT2D eigenvalue weighted by Crippen LogP contribution is 2.58. The molecule has 0 saturated heterocycles. The Morgan fingerprint density at radius 3 is 2.71 bits per heavy atom. The van der Waals surface area contributed by atoms with Crippen LogP contribution in [0.2, 0.25) is 0 Å². The lowest BCUT2D eigenvalue weighted by Gasteiger charge is -2.31. The summed E-state index contributed by atoms with van der Waals surface area (Å²) < 4.78 is 0. The number of carboxylic acid groups (broad SMARTS) is 1. The van der Waals surface area contributed by atoms with Crippen LogP contribution in [0.3, 0.4) is 0 Å². The molecule has 5 unspecified atom stereocenters. The lowest BCUT2D eigenvalue weighted by Crippen LogP contribution is -2.41. The number of amides is 1. The molecule has 2 bridgehead atoms. The maximum atomic E-state index is 10.6. The largest absolute Gasteiger partial charge is 0.465 e. The third-order valence-corrected chi connectivity index (χ3v) is 4.74. The quantitative estimate of drug-likeness (QED) is 0.673. The van der Waals surface area contributed by atoms with Crippen LogP contribution in [0.1, 0.15) is 32.1 Å². The fourth-order valence-electron chi connectivity index (χ4n) is 4.39. The van der Waals surface area contributed by atoms with Crippen molar-refractivity contribution in [2.75, 3.05) is 0 Å². The van der Waals surface area contributed by atoms with Crippen LogP contribution in [-0.4, -0.2) is 17.2 Å². The summed E-state index contributed by atoms with van der Waals surface area (Å²) >= 11 is 0. The highest BCUT2D eigenvalue weighted by Gasteiger charge is 2.53. The Morgan fingerprint density at radius 1 is 1.14 bits per heavy atom. The minimum absolute atomic E-state index is 0.275. The molecule has 0 heterocycles. The summed E-state index contributed by atoms with van der Waals surface area (Å²) in [6, 6.07) is 0.275. The molecule has 3 rings (SSSR count). The van der Waals surface area contributed by atoms with Gasteiger partial charge in [0.2, 0.25) is 0 Å². The van der Waals surface area contributed by atoms with Gasteiger partial charge in [0.05, 0.1) is 0 Å². The molecule has 0 aromatic heterocycles. The van der Waals surface area contributed by atoms with Gasteiger partial charge in [-0.05, 0) is 49.4 Å². The molecule has 0 radical (unpaired) electrons. The topological polar surface area (TPSA) is 49.3 Å². The fourth-order valence-corrected chi connectivity index (χ4v) is 4.39. The van der Waals surface area contributed by atoms with Crippen LogP contribution in [0.5, 0.6) is 0 Å². The van der Waals surface area contributed by atoms with Gasteiger partial charge in [0, 0.05) is 6.04 Å². The van der Waals surface area contributed by atoms with Crippen LogP contribution in [0.4, 0.5) is 4.79 Å². The van der Waals surface area contributed by atoms with Gasteiger partial charge in [0.25, 0.3) is 0 Å². The number of fused-ring (bicyclic) bond motifs is 5. The lowest BCUT2D eigenvalue weighted by molar-refractivity contribution is 0.167. The van der Waals surface area contributed by atoms with E-state index in [9.17, 15) is 4.79 Å². The second kappa shape index (κ2) is 2.88. The minimum Gasteiger partial charge on any atom is -0.465 e. The van der Waals surface area contributed by atoms with Gasteiger partial charge in [-0.15, -0.1) is 0 Å². The summed E-state index contributed by atoms with van der Waals surface area (Å²) in [5.41, 5.74) is 0. The lowest BCUT2D eigenvalue weighted by atomic mass is 9.79. The van der Waals surface area contributed by atoms with E-state index >= 15 is 0 Å². The van der Waals surface area contributed by atoms with Gasteiger partial charge >= 0.3 is 6.09 Å². The van der Waals surface area contributed by atoms with Gasteiger partial charge in [-0.3, -0.25) is 0 Å². The van der Waals surface area contributed by atoms with Crippen molar-refractivity contribution in [2.45, 2.75) is 38.1 Å². The first kappa shape index (κ1) is 8.57. The first-order chi connectivity index (χ1) is 6.75. The molecule has 5 atom stereocenters. The molecule has 3 saturated carbocycles. The first-order valence-corrected chi connectivity index (χ1v) is 5.75. The maximum Gasteiger partial charge on any atom is 0.404 e. The Morgan fingerprint density at radius 2 is 1.93 bits per heavy atom. The van der Waals surface area contributed by atoms with E-state index in [1.807, 2.05) is 0 Å². The van der Waals surface area contributed by atoms with Crippen molar-refractivity contribution in [1.82, 2.24) is 5.32 Å². The smallest absolute Gasteiger partial charge is 0.404 e. The molecule has 2 N–H and O–H groups in total. The molecule has 0 spiro atoms. The first-order valence-electron chi connectivity index (χ1n) is 5.75. The molecular weight excluding hydrogens is 178 g/mol. The standard InChI is InChI=1S/C11H17NO2/c13-11(14)12-10-5-6-4-9(10)8-3-1-2-7(6)8/h6-10,12H,1-5H2,(H,13,14). The van der Waals surface area contributed by atoms with Crippen molar-refractivity contribution in [3.8, 4) is 0 Å². The summed E-state index contributed by atoms with van der Waals surface area (Å²) in [5, 5.41) is 11.4. The summed E-state index contributed by atoms with van der Waals surface area (Å²) in [6.07, 6.45) is 5.70. The molecule has 78 valence electrons. The van der Waals surface area contributed by atoms with Gasteiger partial charge in [0.1, 0.15) is 0 Å². The fraction of sp³-hybridized carbons (Fsp3) is 0.909. The monoisotopic (exact) mass is 195 g/mol. The van der Waals surface area contributed by atoms with E-state index in [1.165, 1.54) is 25.7 Å². The second-order valence-corrected chi connectivity index (χ2v) is 5.21. The SMILES string of the molecule is O=C(O)NC1CC2CC1C1CCCC21. The van der Waals surface area contributed by atoms with Crippen LogP contribution in [0.25, 0.3) is 0 Å². The number of nitrogens with one attached hydrogen (secondary N) is 1. The number of hydrogen-bond donors (Lipinski definition) is 2. The summed E-state index contributed by atoms with van der Waals surface area (Å²) in [4.78, 5) is 10.6. The summed E-state index contributed by atoms with van der Waals surface area (Å²) in [5.74, 6) is 3.31. The molecule has 3 heteroatoms. The van der Waals surface area contributed by atoms with Crippen LogP contribution in [0.15, 0.2) is 0 Å². The van der Waals surface area contributed by atoms with Gasteiger partial charge in [-0.1, -0.05) is 6.42 Å². The van der Waals surface area contributed by atoms with E-state index in [4.69, 9.17) is 5.11 Å². The Bertz CT molecular complexity index is 266. The van der Waals surface area contributed by atoms with E-state index in [2.05, 4.69) is 5.32 Å². The van der Waals surface area contributed by atoms with Gasteiger partial charge < -0.3 is 10.4 Å². The average molecular weight is 195 g/mol. The zero-order valence-corrected chi connectivity index (χ0v) is 8.28. The van der Waals surface area contributed by atoms with Gasteiger partial charge in [-0.2, -0.15) is 0 Å². The normalized spacial score (nSPS) is 49.3. The molecule has 3 aliphatic rings. The molecule has 1 amide bonds. The minimum atomic E-state index is -0.836. The molecular formula is C11H17NO2. The predicted molar refractivity (Wildman–Crippen MR) is 52.0 cm³/mol.